The lowest BCUT2D eigenvalue weighted by atomic mass is 10.1. The summed E-state index contributed by atoms with van der Waals surface area (Å²) in [6.07, 6.45) is 0. The van der Waals surface area contributed by atoms with E-state index in [1.165, 1.54) is 6.92 Å². The van der Waals surface area contributed by atoms with E-state index in [4.69, 9.17) is 0 Å². The molecule has 0 bridgehead atoms. The normalized spacial score (nSPS) is 11.8. The van der Waals surface area contributed by atoms with Crippen LogP contribution in [-0.4, -0.2) is 43.9 Å². The van der Waals surface area contributed by atoms with E-state index >= 15 is 0 Å². The third kappa shape index (κ3) is 6.11. The molecule has 2 N–H and O–H groups in total. The fourth-order valence-corrected chi connectivity index (χ4v) is 2.61. The maximum absolute atomic E-state index is 12.5. The molecule has 2 aromatic rings. The average Bonchev–Trinajstić information content (AvgIpc) is 2.62. The highest BCUT2D eigenvalue weighted by Crippen LogP contribution is 2.16. The van der Waals surface area contributed by atoms with Crippen molar-refractivity contribution < 1.29 is 9.59 Å². The lowest BCUT2D eigenvalue weighted by molar-refractivity contribution is -0.120. The molecule has 0 fully saturated rings. The van der Waals surface area contributed by atoms with Gasteiger partial charge in [-0.3, -0.25) is 14.5 Å². The molecule has 0 aliphatic heterocycles. The van der Waals surface area contributed by atoms with Crippen LogP contribution in [0.3, 0.4) is 0 Å². The maximum atomic E-state index is 12.5. The molecule has 0 unspecified atom stereocenters. The zero-order valence-corrected chi connectivity index (χ0v) is 16.6. The predicted molar refractivity (Wildman–Crippen MR) is 111 cm³/mol. The quantitative estimate of drug-likeness (QED) is 0.788. The monoisotopic (exact) mass is 368 g/mol. The Hall–Kier alpha value is -2.86. The second kappa shape index (κ2) is 9.19. The van der Waals surface area contributed by atoms with Gasteiger partial charge in [-0.15, -0.1) is 0 Å². The van der Waals surface area contributed by atoms with Gasteiger partial charge in [0.2, 0.25) is 11.8 Å². The molecule has 6 heteroatoms. The number of carbonyl (C=O) groups excluding carboxylic acids is 2. The largest absolute Gasteiger partial charge is 0.378 e. The van der Waals surface area contributed by atoms with Crippen LogP contribution in [0.2, 0.25) is 0 Å². The van der Waals surface area contributed by atoms with Crippen molar-refractivity contribution in [2.75, 3.05) is 36.7 Å². The number of anilines is 3. The van der Waals surface area contributed by atoms with Gasteiger partial charge in [0.05, 0.1) is 6.04 Å². The Morgan fingerprint density at radius 3 is 1.89 bits per heavy atom. The molecule has 0 aliphatic carbocycles. The molecule has 6 nitrogen and oxygen atoms in total. The number of amides is 2. The predicted octanol–water partition coefficient (Wildman–Crippen LogP) is 3.17. The van der Waals surface area contributed by atoms with Crippen LogP contribution in [0, 0.1) is 0 Å². The first-order valence-corrected chi connectivity index (χ1v) is 8.91. The number of carbonyl (C=O) groups is 2. The highest BCUT2D eigenvalue weighted by molar-refractivity contribution is 5.95. The topological polar surface area (TPSA) is 64.7 Å². The van der Waals surface area contributed by atoms with Crippen LogP contribution in [0.1, 0.15) is 19.4 Å². The summed E-state index contributed by atoms with van der Waals surface area (Å²) < 4.78 is 0. The van der Waals surface area contributed by atoms with Crippen LogP contribution in [0.15, 0.2) is 48.5 Å². The molecule has 27 heavy (non-hydrogen) atoms. The van der Waals surface area contributed by atoms with Gasteiger partial charge in [0.1, 0.15) is 0 Å². The van der Waals surface area contributed by atoms with Crippen LogP contribution in [0.5, 0.6) is 0 Å². The third-order valence-electron chi connectivity index (χ3n) is 4.40. The van der Waals surface area contributed by atoms with Gasteiger partial charge in [-0.2, -0.15) is 0 Å². The number of rotatable bonds is 7. The van der Waals surface area contributed by atoms with E-state index in [0.717, 1.165) is 11.3 Å². The van der Waals surface area contributed by atoms with Gasteiger partial charge in [0.15, 0.2) is 0 Å². The zero-order valence-electron chi connectivity index (χ0n) is 16.6. The second-order valence-electron chi connectivity index (χ2n) is 6.90. The summed E-state index contributed by atoms with van der Waals surface area (Å²) in [6.45, 7) is 4.03. The molecule has 0 spiro atoms. The molecule has 0 heterocycles. The van der Waals surface area contributed by atoms with E-state index < -0.39 is 0 Å². The Balaban J connectivity index is 1.92. The van der Waals surface area contributed by atoms with E-state index in [2.05, 4.69) is 39.8 Å². The van der Waals surface area contributed by atoms with Crippen LogP contribution >= 0.6 is 0 Å². The summed E-state index contributed by atoms with van der Waals surface area (Å²) in [5, 5.41) is 5.61. The lowest BCUT2D eigenvalue weighted by Gasteiger charge is -2.24. The first-order valence-electron chi connectivity index (χ1n) is 8.91. The van der Waals surface area contributed by atoms with Crippen molar-refractivity contribution in [1.29, 1.82) is 0 Å². The van der Waals surface area contributed by atoms with E-state index in [1.807, 2.05) is 33.0 Å². The van der Waals surface area contributed by atoms with Crippen molar-refractivity contribution in [2.24, 2.45) is 0 Å². The van der Waals surface area contributed by atoms with Crippen molar-refractivity contribution in [3.05, 3.63) is 54.1 Å². The maximum Gasteiger partial charge on any atom is 0.241 e. The minimum Gasteiger partial charge on any atom is -0.378 e. The Bertz CT molecular complexity index is 770. The molecule has 0 saturated heterocycles. The number of hydrogen-bond acceptors (Lipinski definition) is 4. The van der Waals surface area contributed by atoms with Crippen molar-refractivity contribution in [1.82, 2.24) is 4.90 Å². The summed E-state index contributed by atoms with van der Waals surface area (Å²) in [6, 6.07) is 15.1. The summed E-state index contributed by atoms with van der Waals surface area (Å²) >= 11 is 0. The van der Waals surface area contributed by atoms with Gasteiger partial charge >= 0.3 is 0 Å². The van der Waals surface area contributed by atoms with E-state index in [-0.39, 0.29) is 17.9 Å². The number of hydrogen-bond donors (Lipinski definition) is 2. The fourth-order valence-electron chi connectivity index (χ4n) is 2.61. The van der Waals surface area contributed by atoms with Gasteiger partial charge in [0.25, 0.3) is 0 Å². The fraction of sp³-hybridized carbons (Fsp3) is 0.333. The molecule has 0 aliphatic rings. The highest BCUT2D eigenvalue weighted by atomic mass is 16.2. The Morgan fingerprint density at radius 2 is 1.41 bits per heavy atom. The average molecular weight is 368 g/mol. The molecule has 0 saturated carbocycles. The Labute approximate surface area is 161 Å². The van der Waals surface area contributed by atoms with Crippen molar-refractivity contribution in [3.8, 4) is 0 Å². The van der Waals surface area contributed by atoms with Crippen molar-refractivity contribution >= 4 is 28.9 Å². The molecule has 2 rings (SSSR count). The highest BCUT2D eigenvalue weighted by Gasteiger charge is 2.18. The minimum atomic E-state index is -0.284. The van der Waals surface area contributed by atoms with Gasteiger partial charge in [-0.1, -0.05) is 12.1 Å². The summed E-state index contributed by atoms with van der Waals surface area (Å²) in [7, 11) is 5.95. The standard InChI is InChI=1S/C21H28N4O2/c1-15(25(5)14-17-6-12-20(13-7-17)24(3)4)21(27)23-19-10-8-18(9-11-19)22-16(2)26/h6-13,15H,14H2,1-5H3,(H,22,26)(H,23,27)/t15-/m1/s1. The van der Waals surface area contributed by atoms with Gasteiger partial charge in [0, 0.05) is 44.6 Å². The zero-order chi connectivity index (χ0) is 20.0. The summed E-state index contributed by atoms with van der Waals surface area (Å²) in [4.78, 5) is 27.6. The van der Waals surface area contributed by atoms with Gasteiger partial charge < -0.3 is 15.5 Å². The molecule has 144 valence electrons. The van der Waals surface area contributed by atoms with Crippen LogP contribution in [0.25, 0.3) is 0 Å². The molecule has 2 aromatic carbocycles. The summed E-state index contributed by atoms with van der Waals surface area (Å²) in [5.74, 6) is -0.199. The first-order chi connectivity index (χ1) is 12.8. The molecule has 2 amide bonds. The van der Waals surface area contributed by atoms with E-state index in [0.29, 0.717) is 17.9 Å². The lowest BCUT2D eigenvalue weighted by Crippen LogP contribution is -2.39. The number of benzene rings is 2. The number of nitrogens with one attached hydrogen (secondary N) is 2. The van der Waals surface area contributed by atoms with Crippen molar-refractivity contribution in [3.63, 3.8) is 0 Å². The molecular weight excluding hydrogens is 340 g/mol. The van der Waals surface area contributed by atoms with Crippen molar-refractivity contribution in [2.45, 2.75) is 26.4 Å². The van der Waals surface area contributed by atoms with Gasteiger partial charge in [-0.05, 0) is 55.9 Å². The molecule has 0 aromatic heterocycles. The first kappa shape index (κ1) is 20.5. The molecule has 1 atom stereocenters. The minimum absolute atomic E-state index is 0.0744. The Kier molecular flexibility index (Phi) is 6.96. The molecular formula is C21H28N4O2. The van der Waals surface area contributed by atoms with E-state index in [1.54, 1.807) is 24.3 Å². The third-order valence-corrected chi connectivity index (χ3v) is 4.40. The van der Waals surface area contributed by atoms with Crippen LogP contribution < -0.4 is 15.5 Å². The van der Waals surface area contributed by atoms with Crippen LogP contribution in [0.4, 0.5) is 17.1 Å². The number of likely N-dealkylation sites (N-methyl/N-ethyl adjacent to an activating group) is 1. The second-order valence-corrected chi connectivity index (χ2v) is 6.90. The molecule has 0 radical (unpaired) electrons. The smallest absolute Gasteiger partial charge is 0.241 e. The van der Waals surface area contributed by atoms with E-state index in [9.17, 15) is 9.59 Å². The SMILES string of the molecule is CC(=O)Nc1ccc(NC(=O)[C@@H](C)N(C)Cc2ccc(N(C)C)cc2)cc1. The van der Waals surface area contributed by atoms with Gasteiger partial charge in [-0.25, -0.2) is 0 Å². The summed E-state index contributed by atoms with van der Waals surface area (Å²) in [5.41, 5.74) is 3.70. The van der Waals surface area contributed by atoms with Crippen LogP contribution in [-0.2, 0) is 16.1 Å². The Morgan fingerprint density at radius 1 is 0.889 bits per heavy atom. The number of nitrogens with zero attached hydrogens (tertiary/aromatic N) is 2.